The lowest BCUT2D eigenvalue weighted by atomic mass is 9.48. The molecule has 4 aliphatic carbocycles. The molecule has 0 atom stereocenters. The van der Waals surface area contributed by atoms with Crippen LogP contribution < -0.4 is 0 Å². The Hall–Kier alpha value is -0.840. The summed E-state index contributed by atoms with van der Waals surface area (Å²) in [7, 11) is 1.16. The van der Waals surface area contributed by atoms with E-state index in [1.807, 2.05) is 30.3 Å². The first-order valence-corrected chi connectivity index (χ1v) is 9.87. The van der Waals surface area contributed by atoms with Crippen LogP contribution in [-0.2, 0) is 29.3 Å². The molecule has 0 spiro atoms. The van der Waals surface area contributed by atoms with Crippen LogP contribution in [0.4, 0.5) is 0 Å². The molecule has 0 aromatic heterocycles. The second-order valence-corrected chi connectivity index (χ2v) is 8.58. The minimum absolute atomic E-state index is 0.127. The van der Waals surface area contributed by atoms with E-state index in [0.29, 0.717) is 5.56 Å². The van der Waals surface area contributed by atoms with Gasteiger partial charge in [0.05, 0.1) is 5.41 Å². The first-order valence-electron chi connectivity index (χ1n) is 9.14. The fraction of sp³-hybridized carbons (Fsp3) is 0.684. The van der Waals surface area contributed by atoms with Crippen molar-refractivity contribution in [1.29, 1.82) is 0 Å². The maximum Gasteiger partial charge on any atom is 0.332 e. The fourth-order valence-electron chi connectivity index (χ4n) is 6.26. The smallest absolute Gasteiger partial charge is 0.330 e. The summed E-state index contributed by atoms with van der Waals surface area (Å²) >= 11 is 0. The molecule has 4 bridgehead atoms. The van der Waals surface area contributed by atoms with Gasteiger partial charge in [-0.05, 0) is 56.3 Å². The molecule has 5 aliphatic rings. The van der Waals surface area contributed by atoms with Gasteiger partial charge >= 0.3 is 14.7 Å². The summed E-state index contributed by atoms with van der Waals surface area (Å²) < 4.78 is 35.0. The van der Waals surface area contributed by atoms with Gasteiger partial charge in [-0.1, -0.05) is 30.3 Å². The van der Waals surface area contributed by atoms with Crippen LogP contribution in [0.2, 0.25) is 0 Å². The zero-order valence-electron chi connectivity index (χ0n) is 14.3. The van der Waals surface area contributed by atoms with Crippen LogP contribution in [-0.4, -0.2) is 13.1 Å². The summed E-state index contributed by atoms with van der Waals surface area (Å²) in [6, 6.07) is 9.38. The topological polar surface area (TPSA) is 54.0 Å². The Labute approximate surface area is 149 Å². The predicted molar refractivity (Wildman–Crippen MR) is 89.3 cm³/mol. The van der Waals surface area contributed by atoms with Crippen LogP contribution in [0.25, 0.3) is 0 Å². The summed E-state index contributed by atoms with van der Waals surface area (Å²) in [5.74, 6) is -0.324. The average Bonchev–Trinajstić information content (AvgIpc) is 2.57. The first-order chi connectivity index (χ1) is 12.1. The van der Waals surface area contributed by atoms with Crippen molar-refractivity contribution < 1.29 is 23.3 Å². The van der Waals surface area contributed by atoms with Crippen molar-refractivity contribution in [2.75, 3.05) is 7.11 Å². The Morgan fingerprint density at radius 3 is 2.04 bits per heavy atom. The summed E-state index contributed by atoms with van der Waals surface area (Å²) in [5, 5.41) is 0. The van der Waals surface area contributed by atoms with Crippen LogP contribution in [0.15, 0.2) is 30.3 Å². The van der Waals surface area contributed by atoms with Crippen molar-refractivity contribution >= 4 is 8.69 Å². The van der Waals surface area contributed by atoms with Crippen LogP contribution >= 0.6 is 8.69 Å². The monoisotopic (exact) mass is 362 g/mol. The number of rotatable bonds is 5. The van der Waals surface area contributed by atoms with E-state index in [4.69, 9.17) is 18.7 Å². The number of hydrogen-bond donors (Lipinski definition) is 0. The van der Waals surface area contributed by atoms with Crippen molar-refractivity contribution in [2.45, 2.75) is 50.5 Å². The third-order valence-corrected chi connectivity index (χ3v) is 7.09. The number of benzene rings is 1. The lowest BCUT2D eigenvalue weighted by Crippen LogP contribution is -2.72. The van der Waals surface area contributed by atoms with Crippen LogP contribution in [0.1, 0.15) is 44.1 Å². The van der Waals surface area contributed by atoms with E-state index in [-0.39, 0.29) is 5.41 Å². The molecule has 5 fully saturated rings. The molecule has 0 unspecified atom stereocenters. The van der Waals surface area contributed by atoms with Crippen molar-refractivity contribution in [3.63, 3.8) is 0 Å². The molecular weight excluding hydrogens is 339 g/mol. The lowest BCUT2D eigenvalue weighted by molar-refractivity contribution is -0.666. The Kier molecular flexibility index (Phi) is 3.65. The van der Waals surface area contributed by atoms with E-state index in [0.717, 1.165) is 37.0 Å². The van der Waals surface area contributed by atoms with Crippen molar-refractivity contribution in [3.8, 4) is 0 Å². The SMILES string of the molecule is COC1(C23CC4CC(CC(C4)C2)C3)OC(OP=O)(c2ccccc2)O1. The van der Waals surface area contributed by atoms with Gasteiger partial charge < -0.3 is 4.74 Å². The molecule has 134 valence electrons. The second kappa shape index (κ2) is 5.58. The molecule has 25 heavy (non-hydrogen) atoms. The van der Waals surface area contributed by atoms with Gasteiger partial charge in [0.2, 0.25) is 0 Å². The molecule has 6 heteroatoms. The molecular formula is C19H23O5P. The second-order valence-electron chi connectivity index (χ2n) is 8.25. The summed E-state index contributed by atoms with van der Waals surface area (Å²) in [6.45, 7) is 0. The predicted octanol–water partition coefficient (Wildman–Crippen LogP) is 4.58. The highest BCUT2D eigenvalue weighted by Crippen LogP contribution is 2.69. The molecule has 1 aromatic rings. The van der Waals surface area contributed by atoms with E-state index < -0.39 is 20.6 Å². The molecule has 1 aromatic carbocycles. The minimum atomic E-state index is -1.45. The molecule has 6 rings (SSSR count). The molecule has 0 amide bonds. The Morgan fingerprint density at radius 1 is 1.00 bits per heavy atom. The Morgan fingerprint density at radius 2 is 1.56 bits per heavy atom. The zero-order valence-corrected chi connectivity index (χ0v) is 15.2. The molecule has 5 nitrogen and oxygen atoms in total. The molecule has 1 saturated heterocycles. The maximum atomic E-state index is 11.2. The van der Waals surface area contributed by atoms with Crippen LogP contribution in [0, 0.1) is 23.2 Å². The van der Waals surface area contributed by atoms with E-state index >= 15 is 0 Å². The normalized spacial score (nSPS) is 47.8. The van der Waals surface area contributed by atoms with Gasteiger partial charge in [-0.15, -0.1) is 0 Å². The van der Waals surface area contributed by atoms with Gasteiger partial charge in [-0.2, -0.15) is 0 Å². The van der Waals surface area contributed by atoms with Gasteiger partial charge in [0.25, 0.3) is 5.97 Å². The Bertz CT molecular complexity index is 634. The first kappa shape index (κ1) is 16.3. The third kappa shape index (κ3) is 2.23. The van der Waals surface area contributed by atoms with Crippen LogP contribution in [0.3, 0.4) is 0 Å². The zero-order chi connectivity index (χ0) is 17.1. The Balaban J connectivity index is 1.48. The molecule has 0 N–H and O–H groups in total. The minimum Gasteiger partial charge on any atom is -0.330 e. The molecule has 1 aliphatic heterocycles. The average molecular weight is 362 g/mol. The summed E-state index contributed by atoms with van der Waals surface area (Å²) in [4.78, 5) is 0. The lowest BCUT2D eigenvalue weighted by Gasteiger charge is -2.66. The molecule has 1 heterocycles. The molecule has 0 radical (unpaired) electrons. The largest absolute Gasteiger partial charge is 0.332 e. The van der Waals surface area contributed by atoms with E-state index in [2.05, 4.69) is 0 Å². The number of ether oxygens (including phenoxy) is 3. The third-order valence-electron chi connectivity index (χ3n) is 6.78. The van der Waals surface area contributed by atoms with E-state index in [9.17, 15) is 4.57 Å². The highest BCUT2D eigenvalue weighted by Gasteiger charge is 2.73. The van der Waals surface area contributed by atoms with Crippen molar-refractivity contribution in [3.05, 3.63) is 35.9 Å². The van der Waals surface area contributed by atoms with E-state index in [1.54, 1.807) is 7.11 Å². The highest BCUT2D eigenvalue weighted by atomic mass is 31.1. The van der Waals surface area contributed by atoms with Gasteiger partial charge in [0.1, 0.15) is 0 Å². The summed E-state index contributed by atoms with van der Waals surface area (Å²) in [6.07, 6.45) is 7.22. The highest BCUT2D eigenvalue weighted by molar-refractivity contribution is 7.17. The quantitative estimate of drug-likeness (QED) is 0.718. The molecule has 4 saturated carbocycles. The van der Waals surface area contributed by atoms with Gasteiger partial charge in [0.15, 0.2) is 0 Å². The van der Waals surface area contributed by atoms with Crippen molar-refractivity contribution in [2.24, 2.45) is 23.2 Å². The fourth-order valence-corrected chi connectivity index (χ4v) is 6.54. The number of hydrogen-bond acceptors (Lipinski definition) is 5. The van der Waals surface area contributed by atoms with Crippen molar-refractivity contribution in [1.82, 2.24) is 0 Å². The van der Waals surface area contributed by atoms with Gasteiger partial charge in [-0.3, -0.25) is 9.47 Å². The standard InChI is InChI=1S/C19H23O5P/c1-21-19(17-10-13-7-14(11-17)9-15(8-13)12-17)22-18(23-19,24-25-20)16-5-3-2-4-6-16/h2-6,13-15H,7-12H2,1H3. The van der Waals surface area contributed by atoms with E-state index in [1.165, 1.54) is 19.3 Å². The number of methoxy groups -OCH3 is 1. The van der Waals surface area contributed by atoms with Gasteiger partial charge in [-0.25, -0.2) is 9.09 Å². The van der Waals surface area contributed by atoms with Crippen LogP contribution in [0.5, 0.6) is 0 Å². The summed E-state index contributed by atoms with van der Waals surface area (Å²) in [5.41, 5.74) is 0.563. The van der Waals surface area contributed by atoms with Gasteiger partial charge in [0, 0.05) is 12.7 Å². The maximum absolute atomic E-state index is 11.2.